The van der Waals surface area contributed by atoms with Crippen LogP contribution in [0, 0.1) is 0 Å². The summed E-state index contributed by atoms with van der Waals surface area (Å²) in [6.45, 7) is 3.16. The highest BCUT2D eigenvalue weighted by Crippen LogP contribution is 2.15. The third-order valence-electron chi connectivity index (χ3n) is 3.07. The Morgan fingerprint density at radius 3 is 2.63 bits per heavy atom. The van der Waals surface area contributed by atoms with Crippen molar-refractivity contribution in [2.24, 2.45) is 0 Å². The molecule has 1 aromatic heterocycles. The summed E-state index contributed by atoms with van der Waals surface area (Å²) in [4.78, 5) is 17.5. The summed E-state index contributed by atoms with van der Waals surface area (Å²) in [5.41, 5.74) is 0. The summed E-state index contributed by atoms with van der Waals surface area (Å²) in [7, 11) is -3.73. The Bertz CT molecular complexity index is 538. The number of hydrogen-bond donors (Lipinski definition) is 0. The molecule has 0 spiro atoms. The highest BCUT2D eigenvalue weighted by molar-refractivity contribution is 7.92. The predicted molar refractivity (Wildman–Crippen MR) is 68.3 cm³/mol. The van der Waals surface area contributed by atoms with Crippen molar-refractivity contribution in [3.8, 4) is 0 Å². The Morgan fingerprint density at radius 1 is 1.37 bits per heavy atom. The smallest absolute Gasteiger partial charge is 0.241 e. The van der Waals surface area contributed by atoms with Gasteiger partial charge in [-0.15, -0.1) is 0 Å². The topological polar surface area (TPSA) is 76.6 Å². The third-order valence-corrected chi connectivity index (χ3v) is 5.02. The molecular formula is C12H16N2O4S. The van der Waals surface area contributed by atoms with E-state index in [4.69, 9.17) is 4.74 Å². The third kappa shape index (κ3) is 2.93. The minimum absolute atomic E-state index is 0.0656. The average molecular weight is 284 g/mol. The normalized spacial score (nSPS) is 18.1. The summed E-state index contributed by atoms with van der Waals surface area (Å²) in [5, 5.41) is -1.19. The number of nitrogens with zero attached hydrogens (tertiary/aromatic N) is 2. The maximum absolute atomic E-state index is 12.3. The van der Waals surface area contributed by atoms with Crippen LogP contribution in [0.25, 0.3) is 0 Å². The van der Waals surface area contributed by atoms with Crippen molar-refractivity contribution in [3.05, 3.63) is 24.4 Å². The number of hydrogen-bond acceptors (Lipinski definition) is 5. The first-order valence-electron chi connectivity index (χ1n) is 6.05. The number of morpholine rings is 1. The lowest BCUT2D eigenvalue weighted by Gasteiger charge is -2.28. The van der Waals surface area contributed by atoms with Gasteiger partial charge >= 0.3 is 0 Å². The number of pyridine rings is 1. The van der Waals surface area contributed by atoms with Crippen LogP contribution < -0.4 is 0 Å². The van der Waals surface area contributed by atoms with E-state index in [0.717, 1.165) is 0 Å². The van der Waals surface area contributed by atoms with Gasteiger partial charge in [0.2, 0.25) is 15.7 Å². The van der Waals surface area contributed by atoms with Gasteiger partial charge in [-0.25, -0.2) is 13.4 Å². The molecule has 6 nitrogen and oxygen atoms in total. The van der Waals surface area contributed by atoms with E-state index < -0.39 is 21.0 Å². The number of ether oxygens (including phenoxy) is 1. The lowest BCUT2D eigenvalue weighted by atomic mass is 10.3. The van der Waals surface area contributed by atoms with Crippen LogP contribution in [0.5, 0.6) is 0 Å². The largest absolute Gasteiger partial charge is 0.378 e. The van der Waals surface area contributed by atoms with E-state index >= 15 is 0 Å². The molecule has 7 heteroatoms. The minimum atomic E-state index is -3.73. The van der Waals surface area contributed by atoms with E-state index in [1.165, 1.54) is 24.1 Å². The fourth-order valence-electron chi connectivity index (χ4n) is 1.87. The average Bonchev–Trinajstić information content (AvgIpc) is 2.47. The molecule has 0 aromatic carbocycles. The second-order valence-corrected chi connectivity index (χ2v) is 6.51. The lowest BCUT2D eigenvalue weighted by molar-refractivity contribution is -0.134. The van der Waals surface area contributed by atoms with Gasteiger partial charge in [-0.05, 0) is 19.1 Å². The van der Waals surface area contributed by atoms with Crippen LogP contribution in [0.15, 0.2) is 29.4 Å². The van der Waals surface area contributed by atoms with Crippen molar-refractivity contribution in [1.82, 2.24) is 9.88 Å². The van der Waals surface area contributed by atoms with Crippen LogP contribution >= 0.6 is 0 Å². The fourth-order valence-corrected chi connectivity index (χ4v) is 3.12. The quantitative estimate of drug-likeness (QED) is 0.787. The molecule has 1 aliphatic rings. The zero-order valence-electron chi connectivity index (χ0n) is 10.7. The summed E-state index contributed by atoms with van der Waals surface area (Å²) < 4.78 is 29.7. The zero-order chi connectivity index (χ0) is 13.9. The molecule has 0 radical (unpaired) electrons. The molecule has 104 valence electrons. The van der Waals surface area contributed by atoms with Gasteiger partial charge in [0.15, 0.2) is 5.03 Å². The van der Waals surface area contributed by atoms with Crippen LogP contribution in [0.2, 0.25) is 0 Å². The Balaban J connectivity index is 2.18. The number of carbonyl (C=O) groups is 1. The van der Waals surface area contributed by atoms with Crippen molar-refractivity contribution in [3.63, 3.8) is 0 Å². The summed E-state index contributed by atoms with van der Waals surface area (Å²) >= 11 is 0. The Labute approximate surface area is 112 Å². The molecular weight excluding hydrogens is 268 g/mol. The number of aromatic nitrogens is 1. The molecule has 1 aliphatic heterocycles. The second-order valence-electron chi connectivity index (χ2n) is 4.29. The van der Waals surface area contributed by atoms with Crippen LogP contribution in [-0.4, -0.2) is 55.8 Å². The van der Waals surface area contributed by atoms with Gasteiger partial charge in [-0.2, -0.15) is 0 Å². The summed E-state index contributed by atoms with van der Waals surface area (Å²) in [6, 6.07) is 4.62. The van der Waals surface area contributed by atoms with Crippen LogP contribution in [-0.2, 0) is 19.4 Å². The van der Waals surface area contributed by atoms with E-state index in [0.29, 0.717) is 26.3 Å². The highest BCUT2D eigenvalue weighted by atomic mass is 32.2. The minimum Gasteiger partial charge on any atom is -0.378 e. The number of amides is 1. The maximum Gasteiger partial charge on any atom is 0.241 e. The molecule has 1 amide bonds. The molecule has 0 bridgehead atoms. The molecule has 1 atom stereocenters. The summed E-state index contributed by atoms with van der Waals surface area (Å²) in [6.07, 6.45) is 1.40. The van der Waals surface area contributed by atoms with Gasteiger partial charge in [0.1, 0.15) is 5.25 Å². The van der Waals surface area contributed by atoms with Crippen molar-refractivity contribution in [1.29, 1.82) is 0 Å². The molecule has 0 N–H and O–H groups in total. The monoisotopic (exact) mass is 284 g/mol. The second kappa shape index (κ2) is 5.66. The SMILES string of the molecule is C[C@@H](C(=O)N1CCOCC1)S(=O)(=O)c1ccccn1. The Hall–Kier alpha value is -1.47. The lowest BCUT2D eigenvalue weighted by Crippen LogP contribution is -2.47. The summed E-state index contributed by atoms with van der Waals surface area (Å²) in [5.74, 6) is -0.394. The van der Waals surface area contributed by atoms with E-state index in [9.17, 15) is 13.2 Å². The highest BCUT2D eigenvalue weighted by Gasteiger charge is 2.34. The van der Waals surface area contributed by atoms with Gasteiger partial charge in [0.05, 0.1) is 13.2 Å². The van der Waals surface area contributed by atoms with Crippen molar-refractivity contribution < 1.29 is 17.9 Å². The standard InChI is InChI=1S/C12H16N2O4S/c1-10(12(15)14-6-8-18-9-7-14)19(16,17)11-4-2-3-5-13-11/h2-5,10H,6-9H2,1H3/t10-/m0/s1. The Kier molecular flexibility index (Phi) is 4.16. The number of rotatable bonds is 3. The predicted octanol–water partition coefficient (Wildman–Crippen LogP) is 0.103. The first-order chi connectivity index (χ1) is 9.03. The van der Waals surface area contributed by atoms with Crippen molar-refractivity contribution >= 4 is 15.7 Å². The molecule has 2 rings (SSSR count). The molecule has 1 fully saturated rings. The van der Waals surface area contributed by atoms with E-state index in [1.807, 2.05) is 0 Å². The Morgan fingerprint density at radius 2 is 2.05 bits per heavy atom. The van der Waals surface area contributed by atoms with E-state index in [2.05, 4.69) is 4.98 Å². The molecule has 0 unspecified atom stereocenters. The fraction of sp³-hybridized carbons (Fsp3) is 0.500. The maximum atomic E-state index is 12.3. The van der Waals surface area contributed by atoms with Gasteiger partial charge in [0, 0.05) is 19.3 Å². The number of sulfone groups is 1. The van der Waals surface area contributed by atoms with Crippen molar-refractivity contribution in [2.75, 3.05) is 26.3 Å². The molecule has 1 saturated heterocycles. The zero-order valence-corrected chi connectivity index (χ0v) is 11.5. The van der Waals surface area contributed by atoms with Crippen LogP contribution in [0.4, 0.5) is 0 Å². The van der Waals surface area contributed by atoms with Crippen LogP contribution in [0.1, 0.15) is 6.92 Å². The van der Waals surface area contributed by atoms with E-state index in [-0.39, 0.29) is 5.03 Å². The molecule has 1 aromatic rings. The van der Waals surface area contributed by atoms with Crippen LogP contribution in [0.3, 0.4) is 0 Å². The molecule has 0 saturated carbocycles. The molecule has 2 heterocycles. The molecule has 19 heavy (non-hydrogen) atoms. The first-order valence-corrected chi connectivity index (χ1v) is 7.59. The first kappa shape index (κ1) is 14.0. The van der Waals surface area contributed by atoms with Gasteiger partial charge in [-0.1, -0.05) is 6.07 Å². The van der Waals surface area contributed by atoms with Gasteiger partial charge < -0.3 is 9.64 Å². The molecule has 0 aliphatic carbocycles. The number of carbonyl (C=O) groups excluding carboxylic acids is 1. The van der Waals surface area contributed by atoms with Crippen molar-refractivity contribution in [2.45, 2.75) is 17.2 Å². The van der Waals surface area contributed by atoms with E-state index in [1.54, 1.807) is 12.1 Å². The van der Waals surface area contributed by atoms with Gasteiger partial charge in [0.25, 0.3) is 0 Å². The van der Waals surface area contributed by atoms with Gasteiger partial charge in [-0.3, -0.25) is 4.79 Å².